The fourth-order valence-corrected chi connectivity index (χ4v) is 4.93. The molecule has 1 aromatic carbocycles. The van der Waals surface area contributed by atoms with Gasteiger partial charge in [-0.05, 0) is 63.3 Å². The number of hydrogen-bond donors (Lipinski definition) is 1. The van der Waals surface area contributed by atoms with Crippen LogP contribution in [0, 0.1) is 6.92 Å². The quantitative estimate of drug-likeness (QED) is 0.624. The summed E-state index contributed by atoms with van der Waals surface area (Å²) >= 11 is 0. The molecule has 1 aliphatic rings. The van der Waals surface area contributed by atoms with E-state index in [4.69, 9.17) is 4.74 Å². The Hall–Kier alpha value is -2.14. The van der Waals surface area contributed by atoms with E-state index in [1.807, 2.05) is 11.5 Å². The molecule has 0 spiro atoms. The highest BCUT2D eigenvalue weighted by Crippen LogP contribution is 2.30. The summed E-state index contributed by atoms with van der Waals surface area (Å²) in [6.07, 6.45) is -0.379. The van der Waals surface area contributed by atoms with E-state index in [1.165, 1.54) is 24.3 Å². The summed E-state index contributed by atoms with van der Waals surface area (Å²) in [5.41, 5.74) is 0. The number of hydrogen-bond acceptors (Lipinski definition) is 5. The van der Waals surface area contributed by atoms with Crippen LogP contribution in [-0.2, 0) is 10.0 Å². The van der Waals surface area contributed by atoms with Crippen LogP contribution in [-0.4, -0.2) is 42.0 Å². The molecule has 0 radical (unpaired) electrons. The summed E-state index contributed by atoms with van der Waals surface area (Å²) < 4.78 is 71.9. The second kappa shape index (κ2) is 9.34. The van der Waals surface area contributed by atoms with Crippen molar-refractivity contribution in [1.29, 1.82) is 0 Å². The third kappa shape index (κ3) is 6.18. The van der Waals surface area contributed by atoms with Crippen molar-refractivity contribution < 1.29 is 26.3 Å². The van der Waals surface area contributed by atoms with Gasteiger partial charge in [0.15, 0.2) is 0 Å². The van der Waals surface area contributed by atoms with E-state index >= 15 is 0 Å². The summed E-state index contributed by atoms with van der Waals surface area (Å²) in [4.78, 5) is 0.0905. The molecule has 30 heavy (non-hydrogen) atoms. The predicted octanol–water partition coefficient (Wildman–Crippen LogP) is 3.77. The average molecular weight is 446 g/mol. The Kier molecular flexibility index (Phi) is 7.02. The molecule has 1 aliphatic carbocycles. The van der Waals surface area contributed by atoms with Crippen molar-refractivity contribution in [3.8, 4) is 5.75 Å². The van der Waals surface area contributed by atoms with Crippen molar-refractivity contribution in [2.24, 2.45) is 0 Å². The SMILES string of the molecule is Cc1nncn1[C@@H]1CCC[C@H](NS(=O)(=O)c2ccc(OCCCC(F)(F)F)cc2)C1. The molecule has 2 aromatic rings. The number of benzene rings is 1. The van der Waals surface area contributed by atoms with E-state index in [2.05, 4.69) is 14.9 Å². The Morgan fingerprint density at radius 3 is 2.60 bits per heavy atom. The number of nitrogens with one attached hydrogen (secondary N) is 1. The molecular formula is C19H25F3N4O3S. The van der Waals surface area contributed by atoms with Crippen molar-refractivity contribution in [3.05, 3.63) is 36.4 Å². The van der Waals surface area contributed by atoms with Gasteiger partial charge in [0.25, 0.3) is 0 Å². The molecule has 0 amide bonds. The first-order chi connectivity index (χ1) is 14.1. The van der Waals surface area contributed by atoms with Gasteiger partial charge in [0.2, 0.25) is 10.0 Å². The lowest BCUT2D eigenvalue weighted by atomic mass is 9.91. The first kappa shape index (κ1) is 22.5. The Morgan fingerprint density at radius 1 is 1.23 bits per heavy atom. The smallest absolute Gasteiger partial charge is 0.389 e. The van der Waals surface area contributed by atoms with Gasteiger partial charge >= 0.3 is 6.18 Å². The fraction of sp³-hybridized carbons (Fsp3) is 0.579. The van der Waals surface area contributed by atoms with E-state index in [9.17, 15) is 21.6 Å². The highest BCUT2D eigenvalue weighted by molar-refractivity contribution is 7.89. The van der Waals surface area contributed by atoms with Crippen LogP contribution in [0.5, 0.6) is 5.75 Å². The van der Waals surface area contributed by atoms with Gasteiger partial charge in [-0.2, -0.15) is 13.2 Å². The molecule has 2 atom stereocenters. The van der Waals surface area contributed by atoms with Crippen LogP contribution in [0.1, 0.15) is 50.4 Å². The first-order valence-corrected chi connectivity index (χ1v) is 11.3. The Labute approximate surface area is 173 Å². The van der Waals surface area contributed by atoms with E-state index in [1.54, 1.807) is 6.33 Å². The maximum atomic E-state index is 12.7. The molecule has 0 bridgehead atoms. The van der Waals surface area contributed by atoms with Gasteiger partial charge in [-0.15, -0.1) is 10.2 Å². The van der Waals surface area contributed by atoms with Crippen LogP contribution >= 0.6 is 0 Å². The number of halogens is 3. The first-order valence-electron chi connectivity index (χ1n) is 9.82. The minimum absolute atomic E-state index is 0.0875. The lowest BCUT2D eigenvalue weighted by Gasteiger charge is -2.30. The van der Waals surface area contributed by atoms with Crippen LogP contribution in [0.2, 0.25) is 0 Å². The summed E-state index contributed by atoms with van der Waals surface area (Å²) in [6.45, 7) is 1.78. The van der Waals surface area contributed by atoms with Crippen LogP contribution in [0.4, 0.5) is 13.2 Å². The molecule has 0 saturated heterocycles. The van der Waals surface area contributed by atoms with Crippen molar-refractivity contribution in [3.63, 3.8) is 0 Å². The minimum atomic E-state index is -4.21. The zero-order valence-electron chi connectivity index (χ0n) is 16.6. The molecule has 1 saturated carbocycles. The lowest BCUT2D eigenvalue weighted by Crippen LogP contribution is -2.38. The van der Waals surface area contributed by atoms with Crippen LogP contribution in [0.25, 0.3) is 0 Å². The monoisotopic (exact) mass is 446 g/mol. The second-order valence-corrected chi connectivity index (χ2v) is 9.18. The van der Waals surface area contributed by atoms with Gasteiger partial charge in [-0.25, -0.2) is 13.1 Å². The number of nitrogens with zero attached hydrogens (tertiary/aromatic N) is 3. The van der Waals surface area contributed by atoms with Gasteiger partial charge in [0, 0.05) is 18.5 Å². The van der Waals surface area contributed by atoms with Gasteiger partial charge in [0.1, 0.15) is 17.9 Å². The normalized spacial score (nSPS) is 20.3. The van der Waals surface area contributed by atoms with E-state index in [0.29, 0.717) is 12.2 Å². The van der Waals surface area contributed by atoms with Crippen LogP contribution in [0.15, 0.2) is 35.5 Å². The van der Waals surface area contributed by atoms with Gasteiger partial charge < -0.3 is 9.30 Å². The molecule has 1 fully saturated rings. The number of rotatable bonds is 8. The minimum Gasteiger partial charge on any atom is -0.494 e. The van der Waals surface area contributed by atoms with Gasteiger partial charge in [0.05, 0.1) is 11.5 Å². The molecule has 11 heteroatoms. The molecule has 166 valence electrons. The average Bonchev–Trinajstić information content (AvgIpc) is 3.11. The number of sulfonamides is 1. The maximum absolute atomic E-state index is 12.7. The van der Waals surface area contributed by atoms with Crippen molar-refractivity contribution in [2.45, 2.75) is 68.6 Å². The van der Waals surface area contributed by atoms with Gasteiger partial charge in [-0.1, -0.05) is 0 Å². The Morgan fingerprint density at radius 2 is 1.97 bits per heavy atom. The summed E-state index contributed by atoms with van der Waals surface area (Å²) in [5.74, 6) is 1.13. The molecule has 7 nitrogen and oxygen atoms in total. The largest absolute Gasteiger partial charge is 0.494 e. The Bertz CT molecular complexity index is 929. The summed E-state index contributed by atoms with van der Waals surface area (Å²) in [7, 11) is -3.72. The number of aromatic nitrogens is 3. The highest BCUT2D eigenvalue weighted by atomic mass is 32.2. The number of ether oxygens (including phenoxy) is 1. The van der Waals surface area contributed by atoms with Crippen LogP contribution < -0.4 is 9.46 Å². The number of aryl methyl sites for hydroxylation is 1. The second-order valence-electron chi connectivity index (χ2n) is 7.46. The number of alkyl halides is 3. The Balaban J connectivity index is 1.55. The molecular weight excluding hydrogens is 421 g/mol. The van der Waals surface area contributed by atoms with Crippen molar-refractivity contribution in [1.82, 2.24) is 19.5 Å². The molecule has 0 unspecified atom stereocenters. The van der Waals surface area contributed by atoms with E-state index in [0.717, 1.165) is 25.1 Å². The van der Waals surface area contributed by atoms with E-state index in [-0.39, 0.29) is 30.0 Å². The zero-order valence-corrected chi connectivity index (χ0v) is 17.4. The molecule has 1 heterocycles. The molecule has 0 aliphatic heterocycles. The van der Waals surface area contributed by atoms with Crippen molar-refractivity contribution in [2.75, 3.05) is 6.61 Å². The third-order valence-electron chi connectivity index (χ3n) is 5.12. The fourth-order valence-electron chi connectivity index (χ4n) is 3.65. The van der Waals surface area contributed by atoms with E-state index < -0.39 is 22.6 Å². The lowest BCUT2D eigenvalue weighted by molar-refractivity contribution is -0.136. The predicted molar refractivity (Wildman–Crippen MR) is 104 cm³/mol. The topological polar surface area (TPSA) is 86.1 Å². The maximum Gasteiger partial charge on any atom is 0.389 e. The summed E-state index contributed by atoms with van der Waals surface area (Å²) in [5, 5.41) is 7.89. The van der Waals surface area contributed by atoms with Crippen LogP contribution in [0.3, 0.4) is 0 Å². The standard InChI is InChI=1S/C19H25F3N4O3S/c1-14-24-23-13-26(14)16-5-2-4-15(12-16)25-30(27,28)18-8-6-17(7-9-18)29-11-3-10-19(20,21)22/h6-9,13,15-16,25H,2-5,10-12H2,1H3/t15-,16+/m0/s1. The summed E-state index contributed by atoms with van der Waals surface area (Å²) in [6, 6.07) is 5.64. The third-order valence-corrected chi connectivity index (χ3v) is 6.66. The van der Waals surface area contributed by atoms with Crippen molar-refractivity contribution >= 4 is 10.0 Å². The highest BCUT2D eigenvalue weighted by Gasteiger charge is 2.28. The van der Waals surface area contributed by atoms with Gasteiger partial charge in [-0.3, -0.25) is 0 Å². The zero-order chi connectivity index (χ0) is 21.8. The molecule has 1 N–H and O–H groups in total. The molecule has 3 rings (SSSR count). The molecule has 1 aromatic heterocycles.